The van der Waals surface area contributed by atoms with Crippen LogP contribution in [-0.4, -0.2) is 64.4 Å². The quantitative estimate of drug-likeness (QED) is 0.404. The maximum atomic E-state index is 12.9. The molecule has 0 amide bonds. The van der Waals surface area contributed by atoms with Crippen molar-refractivity contribution in [3.63, 3.8) is 0 Å². The molecule has 0 N–H and O–H groups in total. The van der Waals surface area contributed by atoms with E-state index in [0.29, 0.717) is 42.0 Å². The molecule has 1 saturated carbocycles. The normalized spacial score (nSPS) is 25.0. The Morgan fingerprint density at radius 3 is 2.24 bits per heavy atom. The third-order valence-electron chi connectivity index (χ3n) is 8.20. The van der Waals surface area contributed by atoms with E-state index in [1.165, 1.54) is 0 Å². The number of benzene rings is 2. The molecule has 0 radical (unpaired) electrons. The minimum absolute atomic E-state index is 0.0662. The second-order valence-corrected chi connectivity index (χ2v) is 10.4. The molecule has 3 heterocycles. The summed E-state index contributed by atoms with van der Waals surface area (Å²) in [5.41, 5.74) is 1.99. The Hall–Kier alpha value is -3.17. The molecule has 0 bridgehead atoms. The third kappa shape index (κ3) is 4.52. The Kier molecular flexibility index (Phi) is 6.97. The predicted molar refractivity (Wildman–Crippen MR) is 138 cm³/mol. The van der Waals surface area contributed by atoms with Crippen molar-refractivity contribution in [3.05, 3.63) is 35.4 Å². The first kappa shape index (κ1) is 25.1. The summed E-state index contributed by atoms with van der Waals surface area (Å²) in [5.74, 6) is 3.11. The Morgan fingerprint density at radius 1 is 0.921 bits per heavy atom. The Labute approximate surface area is 222 Å². The number of hydrogen-bond acceptors (Lipinski definition) is 9. The van der Waals surface area contributed by atoms with Crippen LogP contribution in [0, 0.1) is 11.8 Å². The summed E-state index contributed by atoms with van der Waals surface area (Å²) in [5, 5.41) is 0. The van der Waals surface area contributed by atoms with Crippen LogP contribution in [-0.2, 0) is 9.53 Å². The van der Waals surface area contributed by atoms with Crippen LogP contribution >= 0.6 is 0 Å². The Morgan fingerprint density at radius 2 is 1.58 bits per heavy atom. The molecule has 2 aromatic carbocycles. The van der Waals surface area contributed by atoms with Crippen LogP contribution in [0.3, 0.4) is 0 Å². The van der Waals surface area contributed by atoms with Gasteiger partial charge >= 0.3 is 5.97 Å². The summed E-state index contributed by atoms with van der Waals surface area (Å²) >= 11 is 0. The van der Waals surface area contributed by atoms with E-state index in [9.17, 15) is 4.79 Å². The van der Waals surface area contributed by atoms with Crippen LogP contribution in [0.5, 0.6) is 34.5 Å². The first-order chi connectivity index (χ1) is 18.6. The molecule has 2 aromatic rings. The van der Waals surface area contributed by atoms with Gasteiger partial charge in [-0.2, -0.15) is 0 Å². The lowest BCUT2D eigenvalue weighted by atomic mass is 9.77. The number of methoxy groups -OCH3 is 2. The Balaban J connectivity index is 1.41. The molecule has 3 aliphatic heterocycles. The molecular weight excluding hydrogens is 490 g/mol. The number of hydrogen-bond donors (Lipinski definition) is 0. The zero-order valence-corrected chi connectivity index (χ0v) is 22.2. The van der Waals surface area contributed by atoms with Crippen LogP contribution in [0.2, 0.25) is 0 Å². The van der Waals surface area contributed by atoms with Crippen molar-refractivity contribution in [1.82, 2.24) is 4.90 Å². The van der Waals surface area contributed by atoms with Gasteiger partial charge in [0.05, 0.1) is 33.4 Å². The minimum atomic E-state index is -0.225. The molecule has 38 heavy (non-hydrogen) atoms. The number of ether oxygens (including phenoxy) is 7. The van der Waals surface area contributed by atoms with E-state index in [1.807, 2.05) is 24.3 Å². The fourth-order valence-electron chi connectivity index (χ4n) is 6.22. The predicted octanol–water partition coefficient (Wildman–Crippen LogP) is 4.35. The van der Waals surface area contributed by atoms with Gasteiger partial charge in [-0.05, 0) is 36.6 Å². The highest BCUT2D eigenvalue weighted by atomic mass is 16.7. The minimum Gasteiger partial charge on any atom is -0.493 e. The van der Waals surface area contributed by atoms with E-state index < -0.39 is 0 Å². The largest absolute Gasteiger partial charge is 0.493 e. The third-order valence-corrected chi connectivity index (χ3v) is 8.20. The second-order valence-electron chi connectivity index (χ2n) is 10.4. The average molecular weight is 526 g/mol. The summed E-state index contributed by atoms with van der Waals surface area (Å²) in [6.07, 6.45) is 3.66. The lowest BCUT2D eigenvalue weighted by molar-refractivity contribution is -0.138. The molecule has 4 aliphatic rings. The highest BCUT2D eigenvalue weighted by Gasteiger charge is 2.42. The number of morpholine rings is 1. The van der Waals surface area contributed by atoms with Crippen LogP contribution in [0.1, 0.15) is 49.7 Å². The monoisotopic (exact) mass is 525 g/mol. The first-order valence-electron chi connectivity index (χ1n) is 13.5. The van der Waals surface area contributed by atoms with Crippen LogP contribution in [0.4, 0.5) is 0 Å². The summed E-state index contributed by atoms with van der Waals surface area (Å²) in [6, 6.07) is 7.85. The van der Waals surface area contributed by atoms with Crippen molar-refractivity contribution in [2.45, 2.75) is 44.8 Å². The molecule has 9 nitrogen and oxygen atoms in total. The molecule has 2 fully saturated rings. The number of fused-ring (bicyclic) bond motifs is 2. The van der Waals surface area contributed by atoms with Crippen molar-refractivity contribution in [3.8, 4) is 34.5 Å². The smallest absolute Gasteiger partial charge is 0.314 e. The van der Waals surface area contributed by atoms with Crippen molar-refractivity contribution in [1.29, 1.82) is 0 Å². The summed E-state index contributed by atoms with van der Waals surface area (Å²) in [4.78, 5) is 15.2. The topological polar surface area (TPSA) is 84.9 Å². The van der Waals surface area contributed by atoms with Gasteiger partial charge in [-0.3, -0.25) is 9.69 Å². The van der Waals surface area contributed by atoms with Crippen LogP contribution in [0.25, 0.3) is 0 Å². The number of carbonyl (C=O) groups excluding carboxylic acids is 1. The van der Waals surface area contributed by atoms with E-state index in [4.69, 9.17) is 33.2 Å². The fourth-order valence-corrected chi connectivity index (χ4v) is 6.22. The van der Waals surface area contributed by atoms with Gasteiger partial charge in [-0.25, -0.2) is 0 Å². The van der Waals surface area contributed by atoms with Crippen molar-refractivity contribution in [2.75, 3.05) is 47.3 Å². The van der Waals surface area contributed by atoms with E-state index in [-0.39, 0.29) is 36.7 Å². The average Bonchev–Trinajstić information content (AvgIpc) is 3.65. The van der Waals surface area contributed by atoms with Gasteiger partial charge in [-0.1, -0.05) is 19.8 Å². The summed E-state index contributed by atoms with van der Waals surface area (Å²) in [6.45, 7) is 5.33. The van der Waals surface area contributed by atoms with Gasteiger partial charge in [-0.15, -0.1) is 0 Å². The van der Waals surface area contributed by atoms with Crippen LogP contribution < -0.4 is 28.4 Å². The molecule has 3 atom stereocenters. The van der Waals surface area contributed by atoms with Gasteiger partial charge in [0.1, 0.15) is 5.75 Å². The SMILES string of the molecule is COc1cc(C2c3cc4c(cc3OC(N3CCOCC3)C2C)OCO4)cc(OC)c1OC(=O)C1CCCC1. The maximum absolute atomic E-state index is 12.9. The van der Waals surface area contributed by atoms with E-state index in [0.717, 1.165) is 55.6 Å². The number of rotatable bonds is 6. The molecule has 9 heteroatoms. The standard InChI is InChI=1S/C29H35NO8/c1-17-26(19-12-24(32-2)27(25(13-19)33-3)38-29(31)18-6-4-5-7-18)20-14-22-23(36-16-35-22)15-21(20)37-28(17)30-8-10-34-11-9-30/h12-15,17-18,26,28H,4-11,16H2,1-3H3. The van der Waals surface area contributed by atoms with E-state index >= 15 is 0 Å². The highest BCUT2D eigenvalue weighted by Crippen LogP contribution is 2.52. The summed E-state index contributed by atoms with van der Waals surface area (Å²) < 4.78 is 41.0. The molecule has 6 rings (SSSR count). The second kappa shape index (κ2) is 10.5. The van der Waals surface area contributed by atoms with Crippen molar-refractivity contribution >= 4 is 5.97 Å². The molecule has 3 unspecified atom stereocenters. The molecule has 0 aromatic heterocycles. The molecule has 1 aliphatic carbocycles. The fraction of sp³-hybridized carbons (Fsp3) is 0.552. The number of esters is 1. The van der Waals surface area contributed by atoms with Crippen molar-refractivity contribution in [2.24, 2.45) is 11.8 Å². The van der Waals surface area contributed by atoms with Gasteiger partial charge < -0.3 is 33.2 Å². The number of carbonyl (C=O) groups is 1. The molecule has 204 valence electrons. The van der Waals surface area contributed by atoms with E-state index in [2.05, 4.69) is 11.8 Å². The highest BCUT2D eigenvalue weighted by molar-refractivity contribution is 5.77. The zero-order chi connectivity index (χ0) is 26.2. The van der Waals surface area contributed by atoms with Gasteiger partial charge in [0.25, 0.3) is 0 Å². The lowest BCUT2D eigenvalue weighted by Gasteiger charge is -2.44. The van der Waals surface area contributed by atoms with Gasteiger partial charge in [0, 0.05) is 36.6 Å². The zero-order valence-electron chi connectivity index (χ0n) is 22.2. The summed E-state index contributed by atoms with van der Waals surface area (Å²) in [7, 11) is 3.17. The van der Waals surface area contributed by atoms with Crippen molar-refractivity contribution < 1.29 is 38.0 Å². The van der Waals surface area contributed by atoms with E-state index in [1.54, 1.807) is 14.2 Å². The van der Waals surface area contributed by atoms with Gasteiger partial charge in [0.15, 0.2) is 29.2 Å². The number of nitrogens with zero attached hydrogens (tertiary/aromatic N) is 1. The maximum Gasteiger partial charge on any atom is 0.314 e. The Bertz CT molecular complexity index is 1160. The van der Waals surface area contributed by atoms with Gasteiger partial charge in [0.2, 0.25) is 12.5 Å². The lowest BCUT2D eigenvalue weighted by Crippen LogP contribution is -2.52. The molecule has 1 saturated heterocycles. The van der Waals surface area contributed by atoms with Crippen LogP contribution in [0.15, 0.2) is 24.3 Å². The first-order valence-corrected chi connectivity index (χ1v) is 13.5. The molecule has 0 spiro atoms. The molecular formula is C29H35NO8.